The van der Waals surface area contributed by atoms with Crippen molar-refractivity contribution in [3.8, 4) is 0 Å². The van der Waals surface area contributed by atoms with Gasteiger partial charge in [-0.15, -0.1) is 0 Å². The fraction of sp³-hybridized carbons (Fsp3) is 0.176. The van der Waals surface area contributed by atoms with E-state index in [0.717, 1.165) is 16.6 Å². The van der Waals surface area contributed by atoms with E-state index in [9.17, 15) is 4.79 Å². The molecule has 104 valence electrons. The summed E-state index contributed by atoms with van der Waals surface area (Å²) in [6.45, 7) is 0. The molecule has 0 aliphatic heterocycles. The number of carbonyl (C=O) groups excluding carboxylic acids is 1. The summed E-state index contributed by atoms with van der Waals surface area (Å²) in [6.07, 6.45) is 0.931. The number of benzene rings is 2. The predicted octanol–water partition coefficient (Wildman–Crippen LogP) is 4.04. The van der Waals surface area contributed by atoms with Crippen LogP contribution in [0.25, 0.3) is 10.2 Å². The maximum Gasteiger partial charge on any atom is 0.229 e. The van der Waals surface area contributed by atoms with Gasteiger partial charge in [0.2, 0.25) is 5.91 Å². The molecule has 1 saturated carbocycles. The van der Waals surface area contributed by atoms with E-state index >= 15 is 0 Å². The molecule has 1 N–H and O–H groups in total. The second-order valence-corrected chi connectivity index (χ2v) is 6.37. The molecular formula is C17H14N2OS. The third-order valence-electron chi connectivity index (χ3n) is 3.88. The molecule has 4 heteroatoms. The number of rotatable bonds is 3. The molecule has 0 radical (unpaired) electrons. The summed E-state index contributed by atoms with van der Waals surface area (Å²) in [5.74, 6) is 0.530. The molecule has 0 saturated heterocycles. The predicted molar refractivity (Wildman–Crippen MR) is 85.5 cm³/mol. The molecule has 0 bridgehead atoms. The van der Waals surface area contributed by atoms with E-state index in [4.69, 9.17) is 0 Å². The summed E-state index contributed by atoms with van der Waals surface area (Å²) < 4.78 is 1.10. The summed E-state index contributed by atoms with van der Waals surface area (Å²) in [5.41, 5.74) is 2.19. The van der Waals surface area contributed by atoms with Gasteiger partial charge >= 0.3 is 0 Å². The molecule has 0 spiro atoms. The van der Waals surface area contributed by atoms with Crippen molar-refractivity contribution in [1.82, 2.24) is 4.98 Å². The van der Waals surface area contributed by atoms with Gasteiger partial charge in [0, 0.05) is 5.92 Å². The van der Waals surface area contributed by atoms with Crippen LogP contribution in [0.15, 0.2) is 54.6 Å². The molecule has 3 aromatic rings. The van der Waals surface area contributed by atoms with Gasteiger partial charge in [-0.25, -0.2) is 4.98 Å². The Hall–Kier alpha value is -2.20. The molecule has 1 aliphatic carbocycles. The number of nitrogens with one attached hydrogen (secondary N) is 1. The van der Waals surface area contributed by atoms with E-state index in [1.54, 1.807) is 0 Å². The Balaban J connectivity index is 1.47. The smallest absolute Gasteiger partial charge is 0.229 e. The van der Waals surface area contributed by atoms with Gasteiger partial charge in [0.15, 0.2) is 5.13 Å². The first kappa shape index (κ1) is 12.5. The number of anilines is 1. The molecule has 1 heterocycles. The van der Waals surface area contributed by atoms with Crippen molar-refractivity contribution >= 4 is 32.6 Å². The van der Waals surface area contributed by atoms with Crippen molar-refractivity contribution in [3.63, 3.8) is 0 Å². The number of aromatic nitrogens is 1. The van der Waals surface area contributed by atoms with Crippen molar-refractivity contribution in [2.24, 2.45) is 5.92 Å². The average Bonchev–Trinajstić information content (AvgIpc) is 3.22. The minimum atomic E-state index is 0.0828. The second kappa shape index (κ2) is 4.97. The second-order valence-electron chi connectivity index (χ2n) is 5.34. The maximum atomic E-state index is 12.3. The zero-order chi connectivity index (χ0) is 14.2. The van der Waals surface area contributed by atoms with E-state index in [1.807, 2.05) is 42.5 Å². The third-order valence-corrected chi connectivity index (χ3v) is 4.83. The van der Waals surface area contributed by atoms with Crippen LogP contribution in [0, 0.1) is 5.92 Å². The SMILES string of the molecule is O=C(Nc1nc2ccccc2s1)[C@H]1C[C@H]1c1ccccc1. The maximum absolute atomic E-state index is 12.3. The molecule has 2 aromatic carbocycles. The fourth-order valence-corrected chi connectivity index (χ4v) is 3.55. The third kappa shape index (κ3) is 2.43. The number of carbonyl (C=O) groups is 1. The van der Waals surface area contributed by atoms with Gasteiger partial charge in [-0.05, 0) is 30.0 Å². The van der Waals surface area contributed by atoms with Crippen LogP contribution in [0.5, 0.6) is 0 Å². The average molecular weight is 294 g/mol. The summed E-state index contributed by atoms with van der Waals surface area (Å²) in [4.78, 5) is 16.7. The molecule has 2 atom stereocenters. The molecule has 3 nitrogen and oxygen atoms in total. The molecule has 21 heavy (non-hydrogen) atoms. The molecule has 4 rings (SSSR count). The normalized spacial score (nSPS) is 20.4. The van der Waals surface area contributed by atoms with Crippen LogP contribution < -0.4 is 5.32 Å². The lowest BCUT2D eigenvalue weighted by Crippen LogP contribution is -2.14. The Labute approximate surface area is 126 Å². The quantitative estimate of drug-likeness (QED) is 0.792. The van der Waals surface area contributed by atoms with Crippen molar-refractivity contribution in [1.29, 1.82) is 0 Å². The van der Waals surface area contributed by atoms with Gasteiger partial charge in [-0.3, -0.25) is 4.79 Å². The highest BCUT2D eigenvalue weighted by molar-refractivity contribution is 7.22. The number of thiazole rings is 1. The van der Waals surface area contributed by atoms with Crippen molar-refractivity contribution in [2.45, 2.75) is 12.3 Å². The van der Waals surface area contributed by atoms with Crippen LogP contribution in [0.4, 0.5) is 5.13 Å². The number of para-hydroxylation sites is 1. The van der Waals surface area contributed by atoms with Gasteiger partial charge < -0.3 is 5.32 Å². The number of hydrogen-bond acceptors (Lipinski definition) is 3. The molecule has 1 fully saturated rings. The highest BCUT2D eigenvalue weighted by atomic mass is 32.1. The van der Waals surface area contributed by atoms with E-state index in [-0.39, 0.29) is 11.8 Å². The van der Waals surface area contributed by atoms with E-state index < -0.39 is 0 Å². The Morgan fingerprint density at radius 3 is 2.67 bits per heavy atom. The van der Waals surface area contributed by atoms with Crippen LogP contribution in [0.3, 0.4) is 0 Å². The van der Waals surface area contributed by atoms with Gasteiger partial charge in [0.05, 0.1) is 10.2 Å². The molecular weight excluding hydrogens is 280 g/mol. The lowest BCUT2D eigenvalue weighted by molar-refractivity contribution is -0.117. The summed E-state index contributed by atoms with van der Waals surface area (Å²) in [5, 5.41) is 3.66. The first-order valence-electron chi connectivity index (χ1n) is 7.02. The van der Waals surface area contributed by atoms with Crippen LogP contribution in [0.2, 0.25) is 0 Å². The van der Waals surface area contributed by atoms with Crippen LogP contribution in [-0.2, 0) is 4.79 Å². The Kier molecular flexibility index (Phi) is 2.97. The lowest BCUT2D eigenvalue weighted by atomic mass is 10.1. The Bertz CT molecular complexity index is 764. The Morgan fingerprint density at radius 1 is 1.10 bits per heavy atom. The summed E-state index contributed by atoms with van der Waals surface area (Å²) >= 11 is 1.52. The van der Waals surface area contributed by atoms with Gasteiger partial charge in [-0.2, -0.15) is 0 Å². The van der Waals surface area contributed by atoms with Crippen molar-refractivity contribution in [2.75, 3.05) is 5.32 Å². The molecule has 1 aliphatic rings. The monoisotopic (exact) mass is 294 g/mol. The largest absolute Gasteiger partial charge is 0.302 e. The number of nitrogens with zero attached hydrogens (tertiary/aromatic N) is 1. The van der Waals surface area contributed by atoms with Crippen LogP contribution in [-0.4, -0.2) is 10.9 Å². The minimum Gasteiger partial charge on any atom is -0.302 e. The zero-order valence-electron chi connectivity index (χ0n) is 11.3. The summed E-state index contributed by atoms with van der Waals surface area (Å²) in [7, 11) is 0. The van der Waals surface area contributed by atoms with E-state index in [2.05, 4.69) is 22.4 Å². The lowest BCUT2D eigenvalue weighted by Gasteiger charge is -2.01. The molecule has 0 unspecified atom stereocenters. The first-order chi connectivity index (χ1) is 10.3. The highest BCUT2D eigenvalue weighted by Crippen LogP contribution is 2.48. The standard InChI is InChI=1S/C17H14N2OS/c20-16(13-10-12(13)11-6-2-1-3-7-11)19-17-18-14-8-4-5-9-15(14)21-17/h1-9,12-13H,10H2,(H,18,19,20)/t12-,13-/m0/s1. The van der Waals surface area contributed by atoms with Gasteiger partial charge in [0.1, 0.15) is 0 Å². The molecule has 1 amide bonds. The van der Waals surface area contributed by atoms with E-state index in [0.29, 0.717) is 11.0 Å². The van der Waals surface area contributed by atoms with E-state index in [1.165, 1.54) is 16.9 Å². The molecule has 1 aromatic heterocycles. The first-order valence-corrected chi connectivity index (χ1v) is 7.84. The number of hydrogen-bond donors (Lipinski definition) is 1. The minimum absolute atomic E-state index is 0.0828. The summed E-state index contributed by atoms with van der Waals surface area (Å²) in [6, 6.07) is 18.2. The number of amides is 1. The zero-order valence-corrected chi connectivity index (χ0v) is 12.1. The van der Waals surface area contributed by atoms with Crippen molar-refractivity contribution in [3.05, 3.63) is 60.2 Å². The Morgan fingerprint density at radius 2 is 1.86 bits per heavy atom. The van der Waals surface area contributed by atoms with Crippen molar-refractivity contribution < 1.29 is 4.79 Å². The van der Waals surface area contributed by atoms with Gasteiger partial charge in [0.25, 0.3) is 0 Å². The van der Waals surface area contributed by atoms with Gasteiger partial charge in [-0.1, -0.05) is 53.8 Å². The van der Waals surface area contributed by atoms with Crippen LogP contribution in [0.1, 0.15) is 17.9 Å². The fourth-order valence-electron chi connectivity index (χ4n) is 2.68. The van der Waals surface area contributed by atoms with Crippen LogP contribution >= 0.6 is 11.3 Å². The number of fused-ring (bicyclic) bond motifs is 1. The topological polar surface area (TPSA) is 42.0 Å². The highest BCUT2D eigenvalue weighted by Gasteiger charge is 2.44.